The van der Waals surface area contributed by atoms with Gasteiger partial charge in [0.15, 0.2) is 0 Å². The van der Waals surface area contributed by atoms with Crippen LogP contribution in [-0.4, -0.2) is 5.78 Å². The Labute approximate surface area is 133 Å². The number of ketones is 1. The average molecular weight is 308 g/mol. The van der Waals surface area contributed by atoms with Crippen LogP contribution in [0.5, 0.6) is 5.75 Å². The molecule has 23 heavy (non-hydrogen) atoms. The molecular weight excluding hydrogens is 292 g/mol. The van der Waals surface area contributed by atoms with Crippen molar-refractivity contribution in [3.8, 4) is 5.75 Å². The number of hydrogen-bond donors (Lipinski definition) is 0. The molecule has 0 bridgehead atoms. The maximum Gasteiger partial charge on any atom is 0.339 e. The minimum absolute atomic E-state index is 0.0196. The van der Waals surface area contributed by atoms with Crippen molar-refractivity contribution in [2.24, 2.45) is 0 Å². The lowest BCUT2D eigenvalue weighted by Gasteiger charge is -2.19. The van der Waals surface area contributed by atoms with Gasteiger partial charge in [0.25, 0.3) is 0 Å². The van der Waals surface area contributed by atoms with Crippen LogP contribution in [-0.2, 0) is 4.79 Å². The Balaban J connectivity index is 2.03. The number of ether oxygens (including phenoxy) is 1. The van der Waals surface area contributed by atoms with E-state index in [1.807, 2.05) is 42.5 Å². The van der Waals surface area contributed by atoms with Crippen LogP contribution in [0.3, 0.4) is 0 Å². The highest BCUT2D eigenvalue weighted by atomic mass is 16.5. The predicted molar refractivity (Wildman–Crippen MR) is 87.6 cm³/mol. The number of fused-ring (bicyclic) bond motifs is 1. The largest absolute Gasteiger partial charge is 0.484 e. The summed E-state index contributed by atoms with van der Waals surface area (Å²) in [4.78, 5) is 23.3. The van der Waals surface area contributed by atoms with Crippen LogP contribution in [0, 0.1) is 0 Å². The first-order valence-corrected chi connectivity index (χ1v) is 7.37. The standard InChI is InChI=1S/C19H16O4/c1-13(20)11-17(14-7-3-2-4-8-14)22-18-12-19(21)23-16-10-6-5-9-15(16)18/h2-10,12,17H,11H2,1H3/t17-/m1/s1. The van der Waals surface area contributed by atoms with Crippen LogP contribution in [0.4, 0.5) is 0 Å². The van der Waals surface area contributed by atoms with E-state index in [4.69, 9.17) is 9.15 Å². The van der Waals surface area contributed by atoms with Crippen LogP contribution in [0.1, 0.15) is 25.0 Å². The van der Waals surface area contributed by atoms with Crippen molar-refractivity contribution < 1.29 is 13.9 Å². The van der Waals surface area contributed by atoms with Gasteiger partial charge in [0.1, 0.15) is 23.2 Å². The Morgan fingerprint density at radius 2 is 1.78 bits per heavy atom. The molecule has 0 amide bonds. The summed E-state index contributed by atoms with van der Waals surface area (Å²) in [5.41, 5.74) is 0.873. The molecule has 0 aliphatic rings. The molecule has 0 aliphatic carbocycles. The van der Waals surface area contributed by atoms with E-state index in [2.05, 4.69) is 0 Å². The molecule has 3 rings (SSSR count). The van der Waals surface area contributed by atoms with Crippen LogP contribution in [0.2, 0.25) is 0 Å². The number of carbonyl (C=O) groups is 1. The van der Waals surface area contributed by atoms with Gasteiger partial charge >= 0.3 is 5.63 Å². The van der Waals surface area contributed by atoms with Gasteiger partial charge in [-0.05, 0) is 24.6 Å². The van der Waals surface area contributed by atoms with Gasteiger partial charge in [-0.3, -0.25) is 4.79 Å². The maximum atomic E-state index is 11.7. The summed E-state index contributed by atoms with van der Waals surface area (Å²) in [6.45, 7) is 1.52. The van der Waals surface area contributed by atoms with Gasteiger partial charge in [0.2, 0.25) is 0 Å². The molecule has 0 saturated carbocycles. The molecule has 1 atom stereocenters. The van der Waals surface area contributed by atoms with Gasteiger partial charge in [-0.1, -0.05) is 42.5 Å². The van der Waals surface area contributed by atoms with E-state index in [0.717, 1.165) is 5.56 Å². The minimum Gasteiger partial charge on any atom is -0.484 e. The molecule has 1 aromatic heterocycles. The topological polar surface area (TPSA) is 56.5 Å². The Kier molecular flexibility index (Phi) is 4.24. The van der Waals surface area contributed by atoms with E-state index < -0.39 is 11.7 Å². The molecule has 4 nitrogen and oxygen atoms in total. The molecule has 0 fully saturated rings. The molecule has 0 spiro atoms. The summed E-state index contributed by atoms with van der Waals surface area (Å²) in [5, 5.41) is 0.705. The highest BCUT2D eigenvalue weighted by molar-refractivity contribution is 5.83. The van der Waals surface area contributed by atoms with Crippen molar-refractivity contribution in [2.45, 2.75) is 19.4 Å². The monoisotopic (exact) mass is 308 g/mol. The molecule has 116 valence electrons. The lowest BCUT2D eigenvalue weighted by Crippen LogP contribution is -2.13. The Bertz CT molecular complexity index is 881. The SMILES string of the molecule is CC(=O)C[C@@H](Oc1cc(=O)oc2ccccc12)c1ccccc1. The van der Waals surface area contributed by atoms with Gasteiger partial charge in [0, 0.05) is 6.42 Å². The normalized spacial score (nSPS) is 12.0. The van der Waals surface area contributed by atoms with E-state index in [-0.39, 0.29) is 12.2 Å². The van der Waals surface area contributed by atoms with Gasteiger partial charge in [-0.15, -0.1) is 0 Å². The first kappa shape index (κ1) is 15.0. The zero-order valence-corrected chi connectivity index (χ0v) is 12.7. The molecular formula is C19H16O4. The maximum absolute atomic E-state index is 11.7. The molecule has 1 heterocycles. The lowest BCUT2D eigenvalue weighted by molar-refractivity contribution is -0.118. The number of benzene rings is 2. The number of rotatable bonds is 5. The fourth-order valence-corrected chi connectivity index (χ4v) is 2.49. The third-order valence-corrected chi connectivity index (χ3v) is 3.53. The fraction of sp³-hybridized carbons (Fsp3) is 0.158. The number of Topliss-reactive ketones (excluding diaryl/α,β-unsaturated/α-hetero) is 1. The highest BCUT2D eigenvalue weighted by Crippen LogP contribution is 2.30. The van der Waals surface area contributed by atoms with Crippen molar-refractivity contribution in [3.05, 3.63) is 76.6 Å². The average Bonchev–Trinajstić information content (AvgIpc) is 2.54. The second-order valence-corrected chi connectivity index (χ2v) is 5.35. The van der Waals surface area contributed by atoms with Crippen LogP contribution in [0.15, 0.2) is 69.9 Å². The molecule has 4 heteroatoms. The van der Waals surface area contributed by atoms with Crippen molar-refractivity contribution in [2.75, 3.05) is 0 Å². The third kappa shape index (κ3) is 3.48. The number of hydrogen-bond acceptors (Lipinski definition) is 4. The zero-order valence-electron chi connectivity index (χ0n) is 12.7. The van der Waals surface area contributed by atoms with Crippen molar-refractivity contribution in [1.82, 2.24) is 0 Å². The van der Waals surface area contributed by atoms with Crippen molar-refractivity contribution in [1.29, 1.82) is 0 Å². The summed E-state index contributed by atoms with van der Waals surface area (Å²) >= 11 is 0. The minimum atomic E-state index is -0.478. The quantitative estimate of drug-likeness (QED) is 0.671. The van der Waals surface area contributed by atoms with E-state index >= 15 is 0 Å². The first-order chi connectivity index (χ1) is 11.1. The van der Waals surface area contributed by atoms with Crippen LogP contribution >= 0.6 is 0 Å². The molecule has 0 unspecified atom stereocenters. The van der Waals surface area contributed by atoms with Gasteiger partial charge in [0.05, 0.1) is 11.5 Å². The zero-order chi connectivity index (χ0) is 16.2. The van der Waals surface area contributed by atoms with E-state index in [0.29, 0.717) is 16.7 Å². The summed E-state index contributed by atoms with van der Waals surface area (Å²) in [6, 6.07) is 18.0. The Hall–Kier alpha value is -2.88. The fourth-order valence-electron chi connectivity index (χ4n) is 2.49. The summed E-state index contributed by atoms with van der Waals surface area (Å²) in [6.07, 6.45) is -0.211. The molecule has 0 N–H and O–H groups in total. The smallest absolute Gasteiger partial charge is 0.339 e. The summed E-state index contributed by atoms with van der Waals surface area (Å²) < 4.78 is 11.2. The third-order valence-electron chi connectivity index (χ3n) is 3.53. The summed E-state index contributed by atoms with van der Waals surface area (Å²) in [7, 11) is 0. The van der Waals surface area contributed by atoms with Gasteiger partial charge in [-0.2, -0.15) is 0 Å². The predicted octanol–water partition coefficient (Wildman–Crippen LogP) is 3.89. The summed E-state index contributed by atoms with van der Waals surface area (Å²) in [5.74, 6) is 0.443. The van der Waals surface area contributed by atoms with Crippen LogP contribution in [0.25, 0.3) is 11.0 Å². The Morgan fingerprint density at radius 1 is 1.09 bits per heavy atom. The molecule has 0 radical (unpaired) electrons. The van der Waals surface area contributed by atoms with E-state index in [1.165, 1.54) is 13.0 Å². The van der Waals surface area contributed by atoms with E-state index in [1.54, 1.807) is 12.1 Å². The number of carbonyl (C=O) groups excluding carboxylic acids is 1. The second kappa shape index (κ2) is 6.48. The van der Waals surface area contributed by atoms with Crippen LogP contribution < -0.4 is 10.4 Å². The van der Waals surface area contributed by atoms with Crippen molar-refractivity contribution in [3.63, 3.8) is 0 Å². The highest BCUT2D eigenvalue weighted by Gasteiger charge is 2.18. The van der Waals surface area contributed by atoms with Gasteiger partial charge in [-0.25, -0.2) is 4.79 Å². The number of para-hydroxylation sites is 1. The molecule has 2 aromatic carbocycles. The van der Waals surface area contributed by atoms with Crippen molar-refractivity contribution >= 4 is 16.8 Å². The first-order valence-electron chi connectivity index (χ1n) is 7.37. The molecule has 0 saturated heterocycles. The molecule has 0 aliphatic heterocycles. The Morgan fingerprint density at radius 3 is 2.52 bits per heavy atom. The van der Waals surface area contributed by atoms with Gasteiger partial charge < -0.3 is 9.15 Å². The second-order valence-electron chi connectivity index (χ2n) is 5.35. The lowest BCUT2D eigenvalue weighted by atomic mass is 10.0. The molecule has 3 aromatic rings. The van der Waals surface area contributed by atoms with E-state index in [9.17, 15) is 9.59 Å².